The van der Waals surface area contributed by atoms with Gasteiger partial charge in [-0.1, -0.05) is 6.07 Å². The van der Waals surface area contributed by atoms with Crippen LogP contribution in [0.4, 0.5) is 5.82 Å². The highest BCUT2D eigenvalue weighted by molar-refractivity contribution is 5.84. The summed E-state index contributed by atoms with van der Waals surface area (Å²) in [5, 5.41) is 2.80. The van der Waals surface area contributed by atoms with Crippen LogP contribution in [0.15, 0.2) is 18.3 Å². The summed E-state index contributed by atoms with van der Waals surface area (Å²) in [6.07, 6.45) is 1.79. The zero-order valence-electron chi connectivity index (χ0n) is 12.1. The van der Waals surface area contributed by atoms with E-state index >= 15 is 0 Å². The molecule has 6 heteroatoms. The Morgan fingerprint density at radius 3 is 2.70 bits per heavy atom. The third kappa shape index (κ3) is 3.91. The van der Waals surface area contributed by atoms with Crippen molar-refractivity contribution in [1.29, 1.82) is 0 Å². The van der Waals surface area contributed by atoms with Gasteiger partial charge in [0.15, 0.2) is 0 Å². The van der Waals surface area contributed by atoms with Crippen LogP contribution in [-0.2, 0) is 16.1 Å². The number of hydrogen-bond donors (Lipinski definition) is 2. The molecule has 2 heterocycles. The van der Waals surface area contributed by atoms with Crippen LogP contribution in [0, 0.1) is 0 Å². The summed E-state index contributed by atoms with van der Waals surface area (Å²) in [4.78, 5) is 18.3. The highest BCUT2D eigenvalue weighted by Gasteiger charge is 2.21. The molecule has 20 heavy (non-hydrogen) atoms. The SMILES string of the molecule is CC(C)(N)C(=O)NCc1ccc(N2CCOCC2)nc1. The van der Waals surface area contributed by atoms with Gasteiger partial charge in [0.2, 0.25) is 5.91 Å². The Hall–Kier alpha value is -1.66. The van der Waals surface area contributed by atoms with E-state index in [2.05, 4.69) is 15.2 Å². The molecule has 1 aliphatic rings. The third-order valence-corrected chi connectivity index (χ3v) is 3.18. The standard InChI is InChI=1S/C14H22N4O2/c1-14(2,15)13(19)17-10-11-3-4-12(16-9-11)18-5-7-20-8-6-18/h3-4,9H,5-8,10,15H2,1-2H3,(H,17,19). The maximum Gasteiger partial charge on any atom is 0.239 e. The number of nitrogens with one attached hydrogen (secondary N) is 1. The molecule has 0 aliphatic carbocycles. The lowest BCUT2D eigenvalue weighted by Gasteiger charge is -2.27. The molecule has 1 amide bonds. The number of anilines is 1. The molecule has 1 saturated heterocycles. The lowest BCUT2D eigenvalue weighted by molar-refractivity contribution is -0.125. The van der Waals surface area contributed by atoms with E-state index in [1.165, 1.54) is 0 Å². The Morgan fingerprint density at radius 1 is 1.45 bits per heavy atom. The summed E-state index contributed by atoms with van der Waals surface area (Å²) in [5.74, 6) is 0.775. The van der Waals surface area contributed by atoms with Gasteiger partial charge in [0, 0.05) is 25.8 Å². The van der Waals surface area contributed by atoms with Crippen molar-refractivity contribution in [2.24, 2.45) is 5.73 Å². The number of hydrogen-bond acceptors (Lipinski definition) is 5. The molecule has 3 N–H and O–H groups in total. The first kappa shape index (κ1) is 14.7. The average molecular weight is 278 g/mol. The van der Waals surface area contributed by atoms with E-state index in [1.807, 2.05) is 12.1 Å². The fourth-order valence-corrected chi connectivity index (χ4v) is 1.91. The second-order valence-electron chi connectivity index (χ2n) is 5.53. The van der Waals surface area contributed by atoms with Gasteiger partial charge in [-0.05, 0) is 25.5 Å². The van der Waals surface area contributed by atoms with Gasteiger partial charge >= 0.3 is 0 Å². The predicted octanol–water partition coefficient (Wildman–Crippen LogP) is 0.272. The van der Waals surface area contributed by atoms with Gasteiger partial charge in [0.25, 0.3) is 0 Å². The molecule has 110 valence electrons. The first-order valence-electron chi connectivity index (χ1n) is 6.81. The second-order valence-corrected chi connectivity index (χ2v) is 5.53. The number of nitrogens with zero attached hydrogens (tertiary/aromatic N) is 2. The maximum absolute atomic E-state index is 11.7. The summed E-state index contributed by atoms with van der Waals surface area (Å²) in [7, 11) is 0. The molecule has 1 fully saturated rings. The van der Waals surface area contributed by atoms with Gasteiger partial charge in [-0.3, -0.25) is 4.79 Å². The lowest BCUT2D eigenvalue weighted by Crippen LogP contribution is -2.48. The first-order chi connectivity index (χ1) is 9.47. The van der Waals surface area contributed by atoms with Crippen molar-refractivity contribution in [3.63, 3.8) is 0 Å². The molecule has 0 spiro atoms. The molecule has 0 aromatic carbocycles. The minimum absolute atomic E-state index is 0.172. The molecular weight excluding hydrogens is 256 g/mol. The number of morpholine rings is 1. The number of pyridine rings is 1. The van der Waals surface area contributed by atoms with E-state index in [0.29, 0.717) is 6.54 Å². The maximum atomic E-state index is 11.7. The molecule has 0 saturated carbocycles. The Morgan fingerprint density at radius 2 is 2.15 bits per heavy atom. The highest BCUT2D eigenvalue weighted by atomic mass is 16.5. The molecule has 0 radical (unpaired) electrons. The van der Waals surface area contributed by atoms with Crippen molar-refractivity contribution < 1.29 is 9.53 Å². The fraction of sp³-hybridized carbons (Fsp3) is 0.571. The van der Waals surface area contributed by atoms with Crippen molar-refractivity contribution in [3.05, 3.63) is 23.9 Å². The summed E-state index contributed by atoms with van der Waals surface area (Å²) < 4.78 is 5.31. The molecular formula is C14H22N4O2. The summed E-state index contributed by atoms with van der Waals surface area (Å²) >= 11 is 0. The van der Waals surface area contributed by atoms with Crippen LogP contribution in [0.3, 0.4) is 0 Å². The van der Waals surface area contributed by atoms with Gasteiger partial charge in [-0.25, -0.2) is 4.98 Å². The largest absolute Gasteiger partial charge is 0.378 e. The van der Waals surface area contributed by atoms with E-state index in [-0.39, 0.29) is 5.91 Å². The molecule has 1 aromatic rings. The lowest BCUT2D eigenvalue weighted by atomic mass is 10.1. The third-order valence-electron chi connectivity index (χ3n) is 3.18. The number of rotatable bonds is 4. The molecule has 2 rings (SSSR count). The first-order valence-corrected chi connectivity index (χ1v) is 6.81. The molecule has 1 aromatic heterocycles. The predicted molar refractivity (Wildman–Crippen MR) is 77.4 cm³/mol. The van der Waals surface area contributed by atoms with Crippen LogP contribution in [0.2, 0.25) is 0 Å². The number of amides is 1. The zero-order valence-corrected chi connectivity index (χ0v) is 12.1. The molecule has 1 aliphatic heterocycles. The number of aromatic nitrogens is 1. The fourth-order valence-electron chi connectivity index (χ4n) is 1.91. The number of carbonyl (C=O) groups excluding carboxylic acids is 1. The average Bonchev–Trinajstić information content (AvgIpc) is 2.45. The number of nitrogens with two attached hydrogens (primary N) is 1. The Kier molecular flexibility index (Phi) is 4.57. The van der Waals surface area contributed by atoms with Crippen LogP contribution in [0.1, 0.15) is 19.4 Å². The van der Waals surface area contributed by atoms with Crippen molar-refractivity contribution in [2.75, 3.05) is 31.2 Å². The van der Waals surface area contributed by atoms with Gasteiger partial charge in [0.1, 0.15) is 5.82 Å². The summed E-state index contributed by atoms with van der Waals surface area (Å²) in [6, 6.07) is 3.95. The normalized spacial score (nSPS) is 16.1. The van der Waals surface area contributed by atoms with Crippen molar-refractivity contribution in [1.82, 2.24) is 10.3 Å². The van der Waals surface area contributed by atoms with E-state index in [1.54, 1.807) is 20.0 Å². The molecule has 0 atom stereocenters. The van der Waals surface area contributed by atoms with Crippen LogP contribution in [0.5, 0.6) is 0 Å². The van der Waals surface area contributed by atoms with Crippen molar-refractivity contribution in [2.45, 2.75) is 25.9 Å². The minimum atomic E-state index is -0.860. The van der Waals surface area contributed by atoms with E-state index in [4.69, 9.17) is 10.5 Å². The summed E-state index contributed by atoms with van der Waals surface area (Å²) in [6.45, 7) is 7.02. The Balaban J connectivity index is 1.90. The molecule has 0 bridgehead atoms. The van der Waals surface area contributed by atoms with Gasteiger partial charge in [-0.2, -0.15) is 0 Å². The molecule has 6 nitrogen and oxygen atoms in total. The smallest absolute Gasteiger partial charge is 0.239 e. The van der Waals surface area contributed by atoms with Crippen LogP contribution in [0.25, 0.3) is 0 Å². The second kappa shape index (κ2) is 6.19. The Labute approximate surface area is 119 Å². The summed E-state index contributed by atoms with van der Waals surface area (Å²) in [5.41, 5.74) is 5.82. The number of ether oxygens (including phenoxy) is 1. The van der Waals surface area contributed by atoms with Crippen molar-refractivity contribution >= 4 is 11.7 Å². The van der Waals surface area contributed by atoms with Gasteiger partial charge in [0.05, 0.1) is 18.8 Å². The van der Waals surface area contributed by atoms with Gasteiger partial charge in [-0.15, -0.1) is 0 Å². The highest BCUT2D eigenvalue weighted by Crippen LogP contribution is 2.13. The zero-order chi connectivity index (χ0) is 14.6. The van der Waals surface area contributed by atoms with E-state index < -0.39 is 5.54 Å². The van der Waals surface area contributed by atoms with Crippen LogP contribution in [-0.4, -0.2) is 42.7 Å². The Bertz CT molecular complexity index is 447. The van der Waals surface area contributed by atoms with E-state index in [9.17, 15) is 4.79 Å². The minimum Gasteiger partial charge on any atom is -0.378 e. The van der Waals surface area contributed by atoms with Gasteiger partial charge < -0.3 is 20.7 Å². The quantitative estimate of drug-likeness (QED) is 0.826. The van der Waals surface area contributed by atoms with Crippen LogP contribution < -0.4 is 16.0 Å². The number of carbonyl (C=O) groups is 1. The van der Waals surface area contributed by atoms with Crippen LogP contribution >= 0.6 is 0 Å². The van der Waals surface area contributed by atoms with E-state index in [0.717, 1.165) is 37.7 Å². The molecule has 0 unspecified atom stereocenters. The monoisotopic (exact) mass is 278 g/mol. The van der Waals surface area contributed by atoms with Crippen molar-refractivity contribution in [3.8, 4) is 0 Å². The topological polar surface area (TPSA) is 80.5 Å².